The van der Waals surface area contributed by atoms with Gasteiger partial charge in [-0.05, 0) is 12.8 Å². The number of hydrogen-bond donors (Lipinski definition) is 2. The van der Waals surface area contributed by atoms with Gasteiger partial charge in [-0.15, -0.1) is 0 Å². The van der Waals surface area contributed by atoms with Crippen molar-refractivity contribution in [2.24, 2.45) is 5.73 Å². The molecule has 0 saturated heterocycles. The lowest BCUT2D eigenvalue weighted by Crippen LogP contribution is -2.52. The fourth-order valence-electron chi connectivity index (χ4n) is 1.50. The number of carbonyl (C=O) groups is 1. The van der Waals surface area contributed by atoms with Crippen LogP contribution in [-0.4, -0.2) is 28.0 Å². The monoisotopic (exact) mass is 222 g/mol. The average molecular weight is 222 g/mol. The molecular formula is C11H18N4O. The fraction of sp³-hybridized carbons (Fsp3) is 0.545. The van der Waals surface area contributed by atoms with Gasteiger partial charge in [0.15, 0.2) is 0 Å². The third-order valence-corrected chi connectivity index (χ3v) is 2.95. The molecule has 0 unspecified atom stereocenters. The largest absolute Gasteiger partial charge is 0.345 e. The highest BCUT2D eigenvalue weighted by atomic mass is 16.1. The van der Waals surface area contributed by atoms with Gasteiger partial charge in [-0.3, -0.25) is 4.79 Å². The highest BCUT2D eigenvalue weighted by molar-refractivity contribution is 5.94. The Morgan fingerprint density at radius 2 is 1.94 bits per heavy atom. The number of amides is 1. The van der Waals surface area contributed by atoms with Gasteiger partial charge in [0.2, 0.25) is 0 Å². The highest BCUT2D eigenvalue weighted by Gasteiger charge is 2.26. The molecule has 0 aromatic carbocycles. The lowest BCUT2D eigenvalue weighted by molar-refractivity contribution is 0.0894. The number of nitrogens with zero attached hydrogens (tertiary/aromatic N) is 2. The maximum atomic E-state index is 11.9. The van der Waals surface area contributed by atoms with E-state index in [-0.39, 0.29) is 11.4 Å². The molecule has 0 radical (unpaired) electrons. The van der Waals surface area contributed by atoms with Gasteiger partial charge < -0.3 is 11.1 Å². The van der Waals surface area contributed by atoms with Crippen LogP contribution in [0.1, 0.15) is 37.0 Å². The van der Waals surface area contributed by atoms with Crippen molar-refractivity contribution in [2.75, 3.05) is 6.54 Å². The van der Waals surface area contributed by atoms with Gasteiger partial charge in [0, 0.05) is 18.9 Å². The van der Waals surface area contributed by atoms with E-state index in [1.807, 2.05) is 13.8 Å². The molecule has 1 rings (SSSR count). The first-order valence-corrected chi connectivity index (χ1v) is 5.45. The SMILES string of the molecule is CCC(CC)(CN)NC(=O)c1cncnc1. The minimum atomic E-state index is -0.326. The normalized spacial score (nSPS) is 11.2. The van der Waals surface area contributed by atoms with E-state index in [0.717, 1.165) is 12.8 Å². The summed E-state index contributed by atoms with van der Waals surface area (Å²) in [5.74, 6) is -0.172. The molecule has 16 heavy (non-hydrogen) atoms. The van der Waals surface area contributed by atoms with Crippen LogP contribution < -0.4 is 11.1 Å². The number of aromatic nitrogens is 2. The Balaban J connectivity index is 2.77. The Morgan fingerprint density at radius 3 is 2.38 bits per heavy atom. The molecular weight excluding hydrogens is 204 g/mol. The third kappa shape index (κ3) is 2.76. The lowest BCUT2D eigenvalue weighted by Gasteiger charge is -2.31. The first-order valence-electron chi connectivity index (χ1n) is 5.45. The zero-order chi connectivity index (χ0) is 12.0. The van der Waals surface area contributed by atoms with Crippen molar-refractivity contribution in [3.05, 3.63) is 24.3 Å². The summed E-state index contributed by atoms with van der Waals surface area (Å²) in [6, 6.07) is 0. The minimum Gasteiger partial charge on any atom is -0.345 e. The average Bonchev–Trinajstić information content (AvgIpc) is 2.37. The van der Waals surface area contributed by atoms with Gasteiger partial charge in [0.1, 0.15) is 6.33 Å². The number of nitrogens with two attached hydrogens (primary N) is 1. The van der Waals surface area contributed by atoms with Gasteiger partial charge in [-0.25, -0.2) is 9.97 Å². The van der Waals surface area contributed by atoms with Crippen LogP contribution in [0.15, 0.2) is 18.7 Å². The molecule has 0 atom stereocenters. The number of hydrogen-bond acceptors (Lipinski definition) is 4. The molecule has 0 aliphatic heterocycles. The molecule has 88 valence electrons. The van der Waals surface area contributed by atoms with Crippen molar-refractivity contribution in [3.63, 3.8) is 0 Å². The molecule has 0 aliphatic carbocycles. The molecule has 3 N–H and O–H groups in total. The first kappa shape index (κ1) is 12.6. The van der Waals surface area contributed by atoms with Gasteiger partial charge in [0.05, 0.1) is 11.1 Å². The Bertz CT molecular complexity index is 327. The fourth-order valence-corrected chi connectivity index (χ4v) is 1.50. The van der Waals surface area contributed by atoms with E-state index in [9.17, 15) is 4.79 Å². The predicted octanol–water partition coefficient (Wildman–Crippen LogP) is 0.724. The van der Waals surface area contributed by atoms with Gasteiger partial charge >= 0.3 is 0 Å². The highest BCUT2D eigenvalue weighted by Crippen LogP contribution is 2.13. The predicted molar refractivity (Wildman–Crippen MR) is 61.9 cm³/mol. The summed E-state index contributed by atoms with van der Waals surface area (Å²) in [6.45, 7) is 4.45. The van der Waals surface area contributed by atoms with E-state index in [1.54, 1.807) is 0 Å². The van der Waals surface area contributed by atoms with Crippen molar-refractivity contribution < 1.29 is 4.79 Å². The maximum Gasteiger partial charge on any atom is 0.254 e. The number of nitrogens with one attached hydrogen (secondary N) is 1. The quantitative estimate of drug-likeness (QED) is 0.769. The molecule has 0 bridgehead atoms. The standard InChI is InChI=1S/C11H18N4O/c1-3-11(4-2,7-12)15-10(16)9-5-13-8-14-6-9/h5-6,8H,3-4,7,12H2,1-2H3,(H,15,16). The van der Waals surface area contributed by atoms with Crippen LogP contribution in [0.3, 0.4) is 0 Å². The van der Waals surface area contributed by atoms with Crippen LogP contribution in [0.2, 0.25) is 0 Å². The molecule has 0 fully saturated rings. The zero-order valence-corrected chi connectivity index (χ0v) is 9.73. The molecule has 0 spiro atoms. The molecule has 1 aromatic heterocycles. The molecule has 0 aliphatic rings. The Labute approximate surface area is 95.5 Å². The van der Waals surface area contributed by atoms with Gasteiger partial charge in [-0.1, -0.05) is 13.8 Å². The second-order valence-electron chi connectivity index (χ2n) is 3.77. The minimum absolute atomic E-state index is 0.172. The summed E-state index contributed by atoms with van der Waals surface area (Å²) in [6.07, 6.45) is 6.00. The molecule has 1 heterocycles. The summed E-state index contributed by atoms with van der Waals surface area (Å²) in [5.41, 5.74) is 5.84. The Morgan fingerprint density at radius 1 is 1.38 bits per heavy atom. The van der Waals surface area contributed by atoms with E-state index in [4.69, 9.17) is 5.73 Å². The van der Waals surface area contributed by atoms with E-state index < -0.39 is 0 Å². The molecule has 1 aromatic rings. The summed E-state index contributed by atoms with van der Waals surface area (Å²) in [4.78, 5) is 19.5. The van der Waals surface area contributed by atoms with E-state index in [2.05, 4.69) is 15.3 Å². The summed E-state index contributed by atoms with van der Waals surface area (Å²) >= 11 is 0. The van der Waals surface area contributed by atoms with Crippen LogP contribution in [0.4, 0.5) is 0 Å². The van der Waals surface area contributed by atoms with Crippen LogP contribution >= 0.6 is 0 Å². The Kier molecular flexibility index (Phi) is 4.37. The topological polar surface area (TPSA) is 80.9 Å². The molecule has 5 nitrogen and oxygen atoms in total. The second kappa shape index (κ2) is 5.55. The molecule has 1 amide bonds. The maximum absolute atomic E-state index is 11.9. The van der Waals surface area contributed by atoms with Crippen LogP contribution in [0, 0.1) is 0 Å². The summed E-state index contributed by atoms with van der Waals surface area (Å²) in [5, 5.41) is 2.95. The van der Waals surface area contributed by atoms with Crippen molar-refractivity contribution >= 4 is 5.91 Å². The second-order valence-corrected chi connectivity index (χ2v) is 3.77. The van der Waals surface area contributed by atoms with Gasteiger partial charge in [0.25, 0.3) is 5.91 Å². The lowest BCUT2D eigenvalue weighted by atomic mass is 9.92. The zero-order valence-electron chi connectivity index (χ0n) is 9.73. The van der Waals surface area contributed by atoms with E-state index in [1.165, 1.54) is 18.7 Å². The smallest absolute Gasteiger partial charge is 0.254 e. The van der Waals surface area contributed by atoms with E-state index >= 15 is 0 Å². The van der Waals surface area contributed by atoms with Crippen LogP contribution in [-0.2, 0) is 0 Å². The summed E-state index contributed by atoms with van der Waals surface area (Å²) < 4.78 is 0. The number of carbonyl (C=O) groups excluding carboxylic acids is 1. The third-order valence-electron chi connectivity index (χ3n) is 2.95. The molecule has 5 heteroatoms. The van der Waals surface area contributed by atoms with Crippen molar-refractivity contribution in [2.45, 2.75) is 32.2 Å². The van der Waals surface area contributed by atoms with Crippen molar-refractivity contribution in [1.29, 1.82) is 0 Å². The van der Waals surface area contributed by atoms with Crippen molar-refractivity contribution in [3.8, 4) is 0 Å². The van der Waals surface area contributed by atoms with Crippen LogP contribution in [0.25, 0.3) is 0 Å². The van der Waals surface area contributed by atoms with Crippen molar-refractivity contribution in [1.82, 2.24) is 15.3 Å². The Hall–Kier alpha value is -1.49. The number of rotatable bonds is 5. The first-order chi connectivity index (χ1) is 7.67. The van der Waals surface area contributed by atoms with Gasteiger partial charge in [-0.2, -0.15) is 0 Å². The van der Waals surface area contributed by atoms with E-state index in [0.29, 0.717) is 12.1 Å². The summed E-state index contributed by atoms with van der Waals surface area (Å²) in [7, 11) is 0. The van der Waals surface area contributed by atoms with Crippen LogP contribution in [0.5, 0.6) is 0 Å². The molecule has 0 saturated carbocycles.